The minimum Gasteiger partial charge on any atom is -0.326 e. The Morgan fingerprint density at radius 1 is 0.565 bits per heavy atom. The van der Waals surface area contributed by atoms with Gasteiger partial charge in [0, 0.05) is 50.4 Å². The van der Waals surface area contributed by atoms with Crippen LogP contribution in [0, 0.1) is 11.8 Å². The van der Waals surface area contributed by atoms with Crippen molar-refractivity contribution in [3.8, 4) is 0 Å². The van der Waals surface area contributed by atoms with Crippen LogP contribution in [-0.2, 0) is 29.6 Å². The number of hydrogen-bond donors (Lipinski definition) is 2. The number of sulfonamides is 2. The Bertz CT molecular complexity index is 1380. The Balaban J connectivity index is 1.05. The maximum absolute atomic E-state index is 12.9. The van der Waals surface area contributed by atoms with Gasteiger partial charge in [-0.05, 0) is 98.9 Å². The highest BCUT2D eigenvalue weighted by molar-refractivity contribution is 7.89. The van der Waals surface area contributed by atoms with Gasteiger partial charge in [-0.25, -0.2) is 16.8 Å². The van der Waals surface area contributed by atoms with Crippen LogP contribution in [0.1, 0.15) is 90.9 Å². The minimum absolute atomic E-state index is 0.0935. The second-order valence-electron chi connectivity index (χ2n) is 12.9. The fourth-order valence-electron chi connectivity index (χ4n) is 5.89. The fourth-order valence-corrected chi connectivity index (χ4v) is 8.83. The van der Waals surface area contributed by atoms with E-state index in [0.717, 1.165) is 64.2 Å². The van der Waals surface area contributed by atoms with Crippen molar-refractivity contribution in [2.24, 2.45) is 11.8 Å². The van der Waals surface area contributed by atoms with Gasteiger partial charge >= 0.3 is 0 Å². The number of piperidine rings is 2. The lowest BCUT2D eigenvalue weighted by atomic mass is 10.0. The second-order valence-corrected chi connectivity index (χ2v) is 16.8. The topological polar surface area (TPSA) is 133 Å². The Morgan fingerprint density at radius 2 is 0.870 bits per heavy atom. The third kappa shape index (κ3) is 10.4. The number of carbonyl (C=O) groups is 2. The molecule has 0 spiro atoms. The number of hydrogen-bond acceptors (Lipinski definition) is 6. The van der Waals surface area contributed by atoms with Crippen LogP contribution in [0.5, 0.6) is 0 Å². The lowest BCUT2D eigenvalue weighted by Gasteiger charge is -2.29. The molecule has 2 aliphatic rings. The SMILES string of the molecule is CC1CCN(S(=O)(=O)c2ccc(NC(=O)CCCCCCCCC(=O)Nc3ccc(S(=O)(=O)N4CCC(C)CC4)cc3)cc2)CC1. The standard InChI is InChI=1S/C34H50N4O6S2/c1-27-19-23-37(24-20-27)45(41,42)31-15-11-29(12-16-31)35-33(39)9-7-5-3-4-6-8-10-34(40)36-30-13-17-32(18-14-30)46(43,44)38-25-21-28(2)22-26-38/h11-18,27-28H,3-10,19-26H2,1-2H3,(H,35,39)(H,36,40). The highest BCUT2D eigenvalue weighted by atomic mass is 32.2. The molecule has 4 rings (SSSR count). The molecule has 0 bridgehead atoms. The molecule has 2 amide bonds. The van der Waals surface area contributed by atoms with E-state index in [1.165, 1.54) is 0 Å². The summed E-state index contributed by atoms with van der Waals surface area (Å²) in [6.45, 7) is 6.46. The van der Waals surface area contributed by atoms with Gasteiger partial charge in [-0.15, -0.1) is 0 Å². The summed E-state index contributed by atoms with van der Waals surface area (Å²) < 4.78 is 54.7. The van der Waals surface area contributed by atoms with Gasteiger partial charge in [0.15, 0.2) is 0 Å². The molecule has 2 heterocycles. The molecule has 2 fully saturated rings. The van der Waals surface area contributed by atoms with Gasteiger partial charge in [0.05, 0.1) is 9.79 Å². The largest absolute Gasteiger partial charge is 0.326 e. The summed E-state index contributed by atoms with van der Waals surface area (Å²) in [7, 11) is -7.02. The van der Waals surface area contributed by atoms with Crippen LogP contribution in [-0.4, -0.2) is 63.4 Å². The number of rotatable bonds is 15. The van der Waals surface area contributed by atoms with E-state index < -0.39 is 20.0 Å². The molecule has 0 saturated carbocycles. The maximum Gasteiger partial charge on any atom is 0.243 e. The summed E-state index contributed by atoms with van der Waals surface area (Å²) >= 11 is 0. The van der Waals surface area contributed by atoms with Crippen molar-refractivity contribution in [2.45, 2.75) is 101 Å². The lowest BCUT2D eigenvalue weighted by molar-refractivity contribution is -0.117. The summed E-state index contributed by atoms with van der Waals surface area (Å²) in [4.78, 5) is 25.2. The van der Waals surface area contributed by atoms with E-state index in [1.807, 2.05) is 0 Å². The third-order valence-electron chi connectivity index (χ3n) is 9.09. The molecular weight excluding hydrogens is 625 g/mol. The van der Waals surface area contributed by atoms with E-state index in [0.29, 0.717) is 62.2 Å². The van der Waals surface area contributed by atoms with Crippen LogP contribution in [0.25, 0.3) is 0 Å². The number of anilines is 2. The van der Waals surface area contributed by atoms with E-state index in [2.05, 4.69) is 24.5 Å². The first-order valence-corrected chi connectivity index (χ1v) is 19.6. The van der Waals surface area contributed by atoms with Crippen molar-refractivity contribution in [3.05, 3.63) is 48.5 Å². The zero-order valence-electron chi connectivity index (χ0n) is 27.2. The second kappa shape index (κ2) is 16.9. The number of nitrogens with one attached hydrogen (secondary N) is 2. The van der Waals surface area contributed by atoms with Crippen LogP contribution in [0.15, 0.2) is 58.3 Å². The van der Waals surface area contributed by atoms with E-state index >= 15 is 0 Å². The van der Waals surface area contributed by atoms with Gasteiger partial charge in [-0.2, -0.15) is 8.61 Å². The Hall–Kier alpha value is -2.80. The molecule has 0 aromatic heterocycles. The molecule has 0 unspecified atom stereocenters. The molecule has 0 aliphatic carbocycles. The van der Waals surface area contributed by atoms with Gasteiger partial charge in [-0.3, -0.25) is 9.59 Å². The van der Waals surface area contributed by atoms with Crippen LogP contribution in [0.4, 0.5) is 11.4 Å². The van der Waals surface area contributed by atoms with Crippen molar-refractivity contribution in [1.29, 1.82) is 0 Å². The van der Waals surface area contributed by atoms with Gasteiger partial charge in [0.1, 0.15) is 0 Å². The van der Waals surface area contributed by atoms with E-state index in [4.69, 9.17) is 0 Å². The molecule has 12 heteroatoms. The summed E-state index contributed by atoms with van der Waals surface area (Å²) in [5, 5.41) is 5.70. The molecule has 0 atom stereocenters. The minimum atomic E-state index is -3.51. The molecule has 2 aromatic rings. The first-order valence-electron chi connectivity index (χ1n) is 16.8. The van der Waals surface area contributed by atoms with Crippen molar-refractivity contribution in [1.82, 2.24) is 8.61 Å². The van der Waals surface area contributed by atoms with Gasteiger partial charge in [0.25, 0.3) is 0 Å². The molecular formula is C34H50N4O6S2. The zero-order valence-corrected chi connectivity index (χ0v) is 28.9. The predicted octanol–water partition coefficient (Wildman–Crippen LogP) is 6.23. The monoisotopic (exact) mass is 674 g/mol. The van der Waals surface area contributed by atoms with Crippen LogP contribution >= 0.6 is 0 Å². The first kappa shape index (κ1) is 36.0. The van der Waals surface area contributed by atoms with Crippen molar-refractivity contribution in [3.63, 3.8) is 0 Å². The van der Waals surface area contributed by atoms with Crippen LogP contribution < -0.4 is 10.6 Å². The predicted molar refractivity (Wildman–Crippen MR) is 181 cm³/mol. The summed E-state index contributed by atoms with van der Waals surface area (Å²) in [6.07, 6.45) is 9.57. The molecule has 0 radical (unpaired) electrons. The zero-order chi connectivity index (χ0) is 33.2. The normalized spacial score (nSPS) is 17.5. The van der Waals surface area contributed by atoms with Gasteiger partial charge in [0.2, 0.25) is 31.9 Å². The van der Waals surface area contributed by atoms with Crippen molar-refractivity contribution >= 4 is 43.2 Å². The maximum atomic E-state index is 12.9. The van der Waals surface area contributed by atoms with Gasteiger partial charge in [-0.1, -0.05) is 39.5 Å². The van der Waals surface area contributed by atoms with Crippen LogP contribution in [0.3, 0.4) is 0 Å². The smallest absolute Gasteiger partial charge is 0.243 e. The molecule has 254 valence electrons. The number of carbonyl (C=O) groups excluding carboxylic acids is 2. The Labute approximate surface area is 275 Å². The van der Waals surface area contributed by atoms with Crippen molar-refractivity contribution < 1.29 is 26.4 Å². The number of nitrogens with zero attached hydrogens (tertiary/aromatic N) is 2. The lowest BCUT2D eigenvalue weighted by Crippen LogP contribution is -2.37. The number of amides is 2. The van der Waals surface area contributed by atoms with E-state index in [9.17, 15) is 26.4 Å². The molecule has 10 nitrogen and oxygen atoms in total. The molecule has 46 heavy (non-hydrogen) atoms. The highest BCUT2D eigenvalue weighted by Gasteiger charge is 2.29. The number of unbranched alkanes of at least 4 members (excludes halogenated alkanes) is 5. The molecule has 2 aromatic carbocycles. The quantitative estimate of drug-likeness (QED) is 0.216. The van der Waals surface area contributed by atoms with Crippen LogP contribution in [0.2, 0.25) is 0 Å². The van der Waals surface area contributed by atoms with Crippen molar-refractivity contribution in [2.75, 3.05) is 36.8 Å². The first-order chi connectivity index (χ1) is 21.9. The average Bonchev–Trinajstić information content (AvgIpc) is 3.03. The van der Waals surface area contributed by atoms with E-state index in [1.54, 1.807) is 57.1 Å². The molecule has 2 N–H and O–H groups in total. The highest BCUT2D eigenvalue weighted by Crippen LogP contribution is 2.26. The Kier molecular flexibility index (Phi) is 13.2. The molecule has 2 aliphatic heterocycles. The summed E-state index contributed by atoms with van der Waals surface area (Å²) in [6, 6.07) is 12.8. The summed E-state index contributed by atoms with van der Waals surface area (Å²) in [5.74, 6) is 0.904. The Morgan fingerprint density at radius 3 is 1.20 bits per heavy atom. The number of benzene rings is 2. The fraction of sp³-hybridized carbons (Fsp3) is 0.588. The third-order valence-corrected chi connectivity index (χ3v) is 12.9. The van der Waals surface area contributed by atoms with Gasteiger partial charge < -0.3 is 10.6 Å². The summed E-state index contributed by atoms with van der Waals surface area (Å²) in [5.41, 5.74) is 1.17. The average molecular weight is 675 g/mol. The molecule has 2 saturated heterocycles. The van der Waals surface area contributed by atoms with E-state index in [-0.39, 0.29) is 21.6 Å².